The predicted molar refractivity (Wildman–Crippen MR) is 83.0 cm³/mol. The second-order valence-corrected chi connectivity index (χ2v) is 5.76. The highest BCUT2D eigenvalue weighted by Gasteiger charge is 2.23. The van der Waals surface area contributed by atoms with E-state index < -0.39 is 0 Å². The van der Waals surface area contributed by atoms with E-state index in [0.29, 0.717) is 28.6 Å². The molecule has 22 heavy (non-hydrogen) atoms. The molecular weight excluding hydrogens is 304 g/mol. The van der Waals surface area contributed by atoms with E-state index in [1.807, 2.05) is 0 Å². The van der Waals surface area contributed by atoms with Gasteiger partial charge < -0.3 is 14.6 Å². The van der Waals surface area contributed by atoms with Gasteiger partial charge in [0.1, 0.15) is 5.56 Å². The van der Waals surface area contributed by atoms with E-state index in [2.05, 4.69) is 10.5 Å². The fraction of sp³-hybridized carbons (Fsp3) is 0.375. The number of carbonyl (C=O) groups excluding carboxylic acids is 1. The SMILES string of the molecule is Cc1noc(-c2ccc(Cl)cc2)c1C(=O)NC[C@H]1CCCO1. The van der Waals surface area contributed by atoms with E-state index in [4.69, 9.17) is 20.9 Å². The number of hydrogen-bond donors (Lipinski definition) is 1. The van der Waals surface area contributed by atoms with Crippen molar-refractivity contribution in [2.45, 2.75) is 25.9 Å². The summed E-state index contributed by atoms with van der Waals surface area (Å²) in [5, 5.41) is 7.44. The molecule has 1 saturated heterocycles. The molecule has 1 aliphatic heterocycles. The van der Waals surface area contributed by atoms with E-state index in [1.54, 1.807) is 31.2 Å². The number of nitrogens with zero attached hydrogens (tertiary/aromatic N) is 1. The lowest BCUT2D eigenvalue weighted by molar-refractivity contribution is 0.0857. The summed E-state index contributed by atoms with van der Waals surface area (Å²) in [6.45, 7) is 3.02. The van der Waals surface area contributed by atoms with Gasteiger partial charge in [0, 0.05) is 23.7 Å². The lowest BCUT2D eigenvalue weighted by atomic mass is 10.1. The molecule has 0 saturated carbocycles. The van der Waals surface area contributed by atoms with Gasteiger partial charge in [-0.3, -0.25) is 4.79 Å². The fourth-order valence-corrected chi connectivity index (χ4v) is 2.66. The zero-order valence-electron chi connectivity index (χ0n) is 12.3. The highest BCUT2D eigenvalue weighted by Crippen LogP contribution is 2.27. The number of hydrogen-bond acceptors (Lipinski definition) is 4. The summed E-state index contributed by atoms with van der Waals surface area (Å²) in [7, 11) is 0. The highest BCUT2D eigenvalue weighted by molar-refractivity contribution is 6.30. The Morgan fingerprint density at radius 3 is 2.86 bits per heavy atom. The summed E-state index contributed by atoms with van der Waals surface area (Å²) < 4.78 is 10.8. The van der Waals surface area contributed by atoms with Crippen molar-refractivity contribution in [1.82, 2.24) is 10.5 Å². The van der Waals surface area contributed by atoms with Crippen LogP contribution in [0.3, 0.4) is 0 Å². The molecule has 0 bridgehead atoms. The average Bonchev–Trinajstić information content (AvgIpc) is 3.15. The van der Waals surface area contributed by atoms with E-state index in [-0.39, 0.29) is 12.0 Å². The van der Waals surface area contributed by atoms with E-state index >= 15 is 0 Å². The average molecular weight is 321 g/mol. The third-order valence-electron chi connectivity index (χ3n) is 3.71. The van der Waals surface area contributed by atoms with Crippen molar-refractivity contribution in [3.8, 4) is 11.3 Å². The third-order valence-corrected chi connectivity index (χ3v) is 3.96. The number of nitrogens with one attached hydrogen (secondary N) is 1. The Morgan fingerprint density at radius 2 is 2.18 bits per heavy atom. The van der Waals surface area contributed by atoms with Crippen LogP contribution in [0.2, 0.25) is 5.02 Å². The Hall–Kier alpha value is -1.85. The van der Waals surface area contributed by atoms with Gasteiger partial charge in [-0.2, -0.15) is 0 Å². The molecule has 3 rings (SSSR count). The van der Waals surface area contributed by atoms with Crippen LogP contribution in [0.5, 0.6) is 0 Å². The standard InChI is InChI=1S/C16H17ClN2O3/c1-10-14(16(20)18-9-13-3-2-8-21-13)15(22-19-10)11-4-6-12(17)7-5-11/h4-7,13H,2-3,8-9H2,1H3,(H,18,20)/t13-/m1/s1. The Balaban J connectivity index is 1.79. The topological polar surface area (TPSA) is 64.4 Å². The van der Waals surface area contributed by atoms with Crippen LogP contribution in [-0.2, 0) is 4.74 Å². The molecule has 0 unspecified atom stereocenters. The van der Waals surface area contributed by atoms with Crippen molar-refractivity contribution in [2.75, 3.05) is 13.2 Å². The second kappa shape index (κ2) is 6.50. The Morgan fingerprint density at radius 1 is 1.41 bits per heavy atom. The number of amides is 1. The number of carbonyl (C=O) groups is 1. The van der Waals surface area contributed by atoms with E-state index in [9.17, 15) is 4.79 Å². The molecule has 2 aromatic rings. The zero-order valence-corrected chi connectivity index (χ0v) is 13.0. The summed E-state index contributed by atoms with van der Waals surface area (Å²) in [6, 6.07) is 7.11. The molecule has 1 aromatic carbocycles. The lowest BCUT2D eigenvalue weighted by Crippen LogP contribution is -2.32. The first-order valence-corrected chi connectivity index (χ1v) is 7.65. The minimum absolute atomic E-state index is 0.100. The number of aryl methyl sites for hydroxylation is 1. The quantitative estimate of drug-likeness (QED) is 0.939. The molecule has 116 valence electrons. The predicted octanol–water partition coefficient (Wildman–Crippen LogP) is 3.21. The Kier molecular flexibility index (Phi) is 4.45. The largest absolute Gasteiger partial charge is 0.376 e. The Bertz CT molecular complexity index is 661. The molecule has 1 aromatic heterocycles. The molecule has 0 aliphatic carbocycles. The second-order valence-electron chi connectivity index (χ2n) is 5.32. The fourth-order valence-electron chi connectivity index (χ4n) is 2.54. The van der Waals surface area contributed by atoms with Crippen LogP contribution in [0.4, 0.5) is 0 Å². The molecule has 0 spiro atoms. The molecule has 0 radical (unpaired) electrons. The number of aromatic nitrogens is 1. The molecule has 2 heterocycles. The van der Waals surface area contributed by atoms with Crippen molar-refractivity contribution in [1.29, 1.82) is 0 Å². The highest BCUT2D eigenvalue weighted by atomic mass is 35.5. The van der Waals surface area contributed by atoms with Crippen LogP contribution in [0, 0.1) is 6.92 Å². The number of benzene rings is 1. The summed E-state index contributed by atoms with van der Waals surface area (Å²) in [5.74, 6) is 0.262. The van der Waals surface area contributed by atoms with Gasteiger partial charge >= 0.3 is 0 Å². The normalized spacial score (nSPS) is 17.6. The molecule has 1 fully saturated rings. The zero-order chi connectivity index (χ0) is 15.5. The van der Waals surface area contributed by atoms with Crippen molar-refractivity contribution in [3.63, 3.8) is 0 Å². The van der Waals surface area contributed by atoms with Gasteiger partial charge in [-0.25, -0.2) is 0 Å². The van der Waals surface area contributed by atoms with Crippen LogP contribution in [0.15, 0.2) is 28.8 Å². The van der Waals surface area contributed by atoms with Crippen LogP contribution < -0.4 is 5.32 Å². The van der Waals surface area contributed by atoms with Crippen molar-refractivity contribution >= 4 is 17.5 Å². The van der Waals surface area contributed by atoms with Gasteiger partial charge in [-0.15, -0.1) is 0 Å². The first-order chi connectivity index (χ1) is 10.6. The first kappa shape index (κ1) is 15.1. The minimum atomic E-state index is -0.195. The summed E-state index contributed by atoms with van der Waals surface area (Å²) in [4.78, 5) is 12.5. The van der Waals surface area contributed by atoms with Crippen molar-refractivity contribution < 1.29 is 14.1 Å². The molecule has 1 N–H and O–H groups in total. The van der Waals surface area contributed by atoms with E-state index in [1.165, 1.54) is 0 Å². The van der Waals surface area contributed by atoms with Crippen LogP contribution in [0.25, 0.3) is 11.3 Å². The third kappa shape index (κ3) is 3.15. The number of rotatable bonds is 4. The van der Waals surface area contributed by atoms with Gasteiger partial charge in [-0.05, 0) is 44.0 Å². The molecule has 5 nitrogen and oxygen atoms in total. The van der Waals surface area contributed by atoms with Crippen LogP contribution in [-0.4, -0.2) is 30.3 Å². The molecular formula is C16H17ClN2O3. The lowest BCUT2D eigenvalue weighted by Gasteiger charge is -2.10. The first-order valence-electron chi connectivity index (χ1n) is 7.27. The maximum atomic E-state index is 12.5. The number of halogens is 1. The monoisotopic (exact) mass is 320 g/mol. The minimum Gasteiger partial charge on any atom is -0.376 e. The molecule has 6 heteroatoms. The smallest absolute Gasteiger partial charge is 0.257 e. The van der Waals surface area contributed by atoms with Crippen LogP contribution >= 0.6 is 11.6 Å². The van der Waals surface area contributed by atoms with Crippen molar-refractivity contribution in [3.05, 3.63) is 40.5 Å². The van der Waals surface area contributed by atoms with E-state index in [0.717, 1.165) is 25.0 Å². The summed E-state index contributed by atoms with van der Waals surface area (Å²) >= 11 is 5.89. The van der Waals surface area contributed by atoms with Gasteiger partial charge in [0.05, 0.1) is 11.8 Å². The molecule has 1 amide bonds. The summed E-state index contributed by atoms with van der Waals surface area (Å²) in [5.41, 5.74) is 1.79. The van der Waals surface area contributed by atoms with Crippen LogP contribution in [0.1, 0.15) is 28.9 Å². The van der Waals surface area contributed by atoms with Crippen molar-refractivity contribution in [2.24, 2.45) is 0 Å². The number of ether oxygens (including phenoxy) is 1. The van der Waals surface area contributed by atoms with Gasteiger partial charge in [-0.1, -0.05) is 16.8 Å². The van der Waals surface area contributed by atoms with Gasteiger partial charge in [0.2, 0.25) is 0 Å². The Labute approximate surface area is 133 Å². The molecule has 1 atom stereocenters. The van der Waals surface area contributed by atoms with Gasteiger partial charge in [0.25, 0.3) is 5.91 Å². The summed E-state index contributed by atoms with van der Waals surface area (Å²) in [6.07, 6.45) is 2.12. The molecule has 1 aliphatic rings. The maximum Gasteiger partial charge on any atom is 0.257 e. The maximum absolute atomic E-state index is 12.5. The van der Waals surface area contributed by atoms with Gasteiger partial charge in [0.15, 0.2) is 5.76 Å².